The number of anilines is 2. The first-order chi connectivity index (χ1) is 10.2. The minimum atomic E-state index is 0.568. The summed E-state index contributed by atoms with van der Waals surface area (Å²) in [4.78, 5) is 8.87. The number of morpholine rings is 1. The summed E-state index contributed by atoms with van der Waals surface area (Å²) in [5.74, 6) is 1.32. The first-order valence-corrected chi connectivity index (χ1v) is 7.36. The van der Waals surface area contributed by atoms with Gasteiger partial charge >= 0.3 is 0 Å². The molecule has 8 nitrogen and oxygen atoms in total. The van der Waals surface area contributed by atoms with Gasteiger partial charge in [0.2, 0.25) is 5.95 Å². The highest BCUT2D eigenvalue weighted by molar-refractivity contribution is 5.36. The SMILES string of the molecule is CN(C)CCNc1cnnc(NCCN2CCOCC2)n1. The predicted octanol–water partition coefficient (Wildman–Crippen LogP) is -0.411. The quantitative estimate of drug-likeness (QED) is 0.670. The molecule has 0 aliphatic carbocycles. The highest BCUT2D eigenvalue weighted by Gasteiger charge is 2.09. The normalized spacial score (nSPS) is 16.1. The third-order valence-corrected chi connectivity index (χ3v) is 3.24. The van der Waals surface area contributed by atoms with Crippen molar-refractivity contribution in [3.05, 3.63) is 6.20 Å². The van der Waals surface area contributed by atoms with E-state index in [0.717, 1.165) is 58.3 Å². The van der Waals surface area contributed by atoms with Crippen molar-refractivity contribution in [1.29, 1.82) is 0 Å². The molecule has 0 unspecified atom stereocenters. The summed E-state index contributed by atoms with van der Waals surface area (Å²) in [6, 6.07) is 0. The lowest BCUT2D eigenvalue weighted by Gasteiger charge is -2.26. The average Bonchev–Trinajstić information content (AvgIpc) is 2.48. The van der Waals surface area contributed by atoms with E-state index in [9.17, 15) is 0 Å². The summed E-state index contributed by atoms with van der Waals surface area (Å²) >= 11 is 0. The standard InChI is InChI=1S/C13H25N7O/c1-19(2)5-3-14-12-11-16-18-13(17-12)15-4-6-20-7-9-21-10-8-20/h11H,3-10H2,1-2H3,(H2,14,15,17,18). The molecule has 0 bridgehead atoms. The molecule has 0 amide bonds. The van der Waals surface area contributed by atoms with Crippen LogP contribution in [0.25, 0.3) is 0 Å². The van der Waals surface area contributed by atoms with E-state index in [1.165, 1.54) is 0 Å². The summed E-state index contributed by atoms with van der Waals surface area (Å²) in [6.07, 6.45) is 1.64. The summed E-state index contributed by atoms with van der Waals surface area (Å²) in [5.41, 5.74) is 0. The number of nitrogens with one attached hydrogen (secondary N) is 2. The number of likely N-dealkylation sites (N-methyl/N-ethyl adjacent to an activating group) is 1. The molecule has 0 aromatic carbocycles. The van der Waals surface area contributed by atoms with E-state index in [1.54, 1.807) is 6.20 Å². The Kier molecular flexibility index (Phi) is 6.58. The Hall–Kier alpha value is -1.51. The molecule has 0 atom stereocenters. The van der Waals surface area contributed by atoms with Gasteiger partial charge in [-0.3, -0.25) is 4.90 Å². The van der Waals surface area contributed by atoms with Gasteiger partial charge in [0.15, 0.2) is 5.82 Å². The van der Waals surface area contributed by atoms with Crippen LogP contribution in [0.2, 0.25) is 0 Å². The minimum absolute atomic E-state index is 0.568. The molecule has 21 heavy (non-hydrogen) atoms. The molecule has 0 spiro atoms. The van der Waals surface area contributed by atoms with Crippen molar-refractivity contribution in [3.63, 3.8) is 0 Å². The lowest BCUT2D eigenvalue weighted by molar-refractivity contribution is 0.0398. The maximum absolute atomic E-state index is 5.33. The van der Waals surface area contributed by atoms with Crippen LogP contribution in [-0.4, -0.2) is 91.6 Å². The highest BCUT2D eigenvalue weighted by Crippen LogP contribution is 2.03. The topological polar surface area (TPSA) is 78.4 Å². The fourth-order valence-corrected chi connectivity index (χ4v) is 2.02. The van der Waals surface area contributed by atoms with Gasteiger partial charge in [0.05, 0.1) is 19.4 Å². The first kappa shape index (κ1) is 15.9. The van der Waals surface area contributed by atoms with Crippen molar-refractivity contribution >= 4 is 11.8 Å². The van der Waals surface area contributed by atoms with Gasteiger partial charge in [0.25, 0.3) is 0 Å². The van der Waals surface area contributed by atoms with Crippen LogP contribution < -0.4 is 10.6 Å². The van der Waals surface area contributed by atoms with Gasteiger partial charge < -0.3 is 20.3 Å². The van der Waals surface area contributed by atoms with Crippen LogP contribution in [0.1, 0.15) is 0 Å². The van der Waals surface area contributed by atoms with Crippen LogP contribution in [0, 0.1) is 0 Å². The van der Waals surface area contributed by atoms with Gasteiger partial charge in [-0.1, -0.05) is 0 Å². The second kappa shape index (κ2) is 8.71. The number of rotatable bonds is 8. The third kappa shape index (κ3) is 6.19. The Morgan fingerprint density at radius 2 is 2.05 bits per heavy atom. The molecule has 0 saturated carbocycles. The van der Waals surface area contributed by atoms with Crippen LogP contribution in [0.5, 0.6) is 0 Å². The largest absolute Gasteiger partial charge is 0.379 e. The Labute approximate surface area is 125 Å². The van der Waals surface area contributed by atoms with Gasteiger partial charge in [0, 0.05) is 39.3 Å². The monoisotopic (exact) mass is 295 g/mol. The smallest absolute Gasteiger partial charge is 0.244 e. The second-order valence-electron chi connectivity index (χ2n) is 5.28. The van der Waals surface area contributed by atoms with Crippen LogP contribution in [0.3, 0.4) is 0 Å². The van der Waals surface area contributed by atoms with E-state index in [0.29, 0.717) is 5.95 Å². The first-order valence-electron chi connectivity index (χ1n) is 7.36. The van der Waals surface area contributed by atoms with Crippen LogP contribution in [0.4, 0.5) is 11.8 Å². The molecule has 8 heteroatoms. The zero-order valence-electron chi connectivity index (χ0n) is 12.9. The summed E-state index contributed by atoms with van der Waals surface area (Å²) < 4.78 is 5.33. The van der Waals surface area contributed by atoms with Crippen LogP contribution in [-0.2, 0) is 4.74 Å². The summed E-state index contributed by atoms with van der Waals surface area (Å²) in [7, 11) is 4.08. The second-order valence-corrected chi connectivity index (χ2v) is 5.28. The molecule has 2 N–H and O–H groups in total. The fourth-order valence-electron chi connectivity index (χ4n) is 2.02. The van der Waals surface area contributed by atoms with E-state index in [2.05, 4.69) is 35.6 Å². The van der Waals surface area contributed by atoms with Crippen LogP contribution >= 0.6 is 0 Å². The zero-order valence-corrected chi connectivity index (χ0v) is 12.9. The van der Waals surface area contributed by atoms with Crippen molar-refractivity contribution in [2.75, 3.05) is 77.2 Å². The number of nitrogens with zero attached hydrogens (tertiary/aromatic N) is 5. The average molecular weight is 295 g/mol. The number of hydrogen-bond acceptors (Lipinski definition) is 8. The Morgan fingerprint density at radius 1 is 1.24 bits per heavy atom. The van der Waals surface area contributed by atoms with E-state index in [1.807, 2.05) is 14.1 Å². The molecule has 2 rings (SSSR count). The lowest BCUT2D eigenvalue weighted by atomic mass is 10.4. The zero-order chi connectivity index (χ0) is 14.9. The molecule has 1 aromatic rings. The van der Waals surface area contributed by atoms with Crippen molar-refractivity contribution in [2.24, 2.45) is 0 Å². The minimum Gasteiger partial charge on any atom is -0.379 e. The molecular weight excluding hydrogens is 270 g/mol. The van der Waals surface area contributed by atoms with E-state index in [4.69, 9.17) is 4.74 Å². The predicted molar refractivity (Wildman–Crippen MR) is 82.6 cm³/mol. The van der Waals surface area contributed by atoms with Crippen molar-refractivity contribution in [3.8, 4) is 0 Å². The fraction of sp³-hybridized carbons (Fsp3) is 0.769. The van der Waals surface area contributed by atoms with Gasteiger partial charge in [-0.05, 0) is 14.1 Å². The van der Waals surface area contributed by atoms with Crippen LogP contribution in [0.15, 0.2) is 6.20 Å². The van der Waals surface area contributed by atoms with Crippen molar-refractivity contribution in [1.82, 2.24) is 25.0 Å². The molecule has 1 saturated heterocycles. The number of aromatic nitrogens is 3. The molecule has 2 heterocycles. The highest BCUT2D eigenvalue weighted by atomic mass is 16.5. The molecule has 118 valence electrons. The Bertz CT molecular complexity index is 409. The van der Waals surface area contributed by atoms with Gasteiger partial charge in [0.1, 0.15) is 0 Å². The van der Waals surface area contributed by atoms with Gasteiger partial charge in [-0.2, -0.15) is 10.1 Å². The van der Waals surface area contributed by atoms with E-state index < -0.39 is 0 Å². The Morgan fingerprint density at radius 3 is 2.81 bits per heavy atom. The molecule has 1 aromatic heterocycles. The summed E-state index contributed by atoms with van der Waals surface area (Å²) in [5, 5.41) is 14.4. The molecular formula is C13H25N7O. The molecule has 1 aliphatic heterocycles. The van der Waals surface area contributed by atoms with E-state index >= 15 is 0 Å². The molecule has 1 aliphatic rings. The molecule has 0 radical (unpaired) electrons. The number of ether oxygens (including phenoxy) is 1. The number of hydrogen-bond donors (Lipinski definition) is 2. The maximum atomic E-state index is 5.33. The lowest BCUT2D eigenvalue weighted by Crippen LogP contribution is -2.39. The maximum Gasteiger partial charge on any atom is 0.244 e. The third-order valence-electron chi connectivity index (χ3n) is 3.24. The van der Waals surface area contributed by atoms with Crippen molar-refractivity contribution < 1.29 is 4.74 Å². The summed E-state index contributed by atoms with van der Waals surface area (Å²) in [6.45, 7) is 7.18. The van der Waals surface area contributed by atoms with Gasteiger partial charge in [-0.25, -0.2) is 0 Å². The van der Waals surface area contributed by atoms with Crippen molar-refractivity contribution in [2.45, 2.75) is 0 Å². The van der Waals surface area contributed by atoms with E-state index in [-0.39, 0.29) is 0 Å². The van der Waals surface area contributed by atoms with Gasteiger partial charge in [-0.15, -0.1) is 5.10 Å². The molecule has 1 fully saturated rings. The Balaban J connectivity index is 1.70.